The van der Waals surface area contributed by atoms with Crippen LogP contribution in [-0.4, -0.2) is 0 Å². The van der Waals surface area contributed by atoms with E-state index in [4.69, 9.17) is 0 Å². The van der Waals surface area contributed by atoms with Crippen molar-refractivity contribution in [3.05, 3.63) is 211 Å². The van der Waals surface area contributed by atoms with Crippen LogP contribution in [0.1, 0.15) is 229 Å². The van der Waals surface area contributed by atoms with Crippen molar-refractivity contribution in [3.63, 3.8) is 0 Å². The molecule has 0 bridgehead atoms. The molecule has 0 fully saturated rings. The summed E-state index contributed by atoms with van der Waals surface area (Å²) in [6.07, 6.45) is 23.8. The van der Waals surface area contributed by atoms with E-state index in [1.807, 2.05) is 0 Å². The Morgan fingerprint density at radius 3 is 0.833 bits per heavy atom. The van der Waals surface area contributed by atoms with Crippen LogP contribution in [0.25, 0.3) is 36.5 Å². The van der Waals surface area contributed by atoms with Crippen molar-refractivity contribution in [2.24, 2.45) is 5.92 Å². The molecule has 0 heteroatoms. The van der Waals surface area contributed by atoms with Crippen molar-refractivity contribution >= 4 is 36.5 Å². The van der Waals surface area contributed by atoms with Crippen LogP contribution in [-0.2, 0) is 51.4 Å². The van der Waals surface area contributed by atoms with Gasteiger partial charge < -0.3 is 0 Å². The molecule has 0 unspecified atom stereocenters. The number of benzene rings is 5. The number of rotatable bonds is 1. The van der Waals surface area contributed by atoms with Crippen LogP contribution < -0.4 is 0 Å². The lowest BCUT2D eigenvalue weighted by molar-refractivity contribution is 0.626. The average molecular weight is 1040 g/mol. The lowest BCUT2D eigenvalue weighted by Crippen LogP contribution is -2.00. The molecule has 0 amide bonds. The number of hydrogen-bond donors (Lipinski definition) is 0. The van der Waals surface area contributed by atoms with Crippen LogP contribution in [0, 0.1) is 117 Å². The molecule has 0 atom stereocenters. The molecule has 5 aromatic rings. The van der Waals surface area contributed by atoms with Gasteiger partial charge in [0, 0.05) is 0 Å². The highest BCUT2D eigenvalue weighted by Crippen LogP contribution is 2.43. The molecule has 410 valence electrons. The van der Waals surface area contributed by atoms with Crippen molar-refractivity contribution in [1.82, 2.24) is 0 Å². The molecule has 0 saturated carbocycles. The largest absolute Gasteiger partial charge is 0.0732 e. The molecule has 5 aromatic carbocycles. The lowest BCUT2D eigenvalue weighted by atomic mass is 9.90. The molecule has 7 aliphatic carbocycles. The van der Waals surface area contributed by atoms with E-state index in [1.165, 1.54) is 169 Å². The van der Waals surface area contributed by atoms with E-state index in [-0.39, 0.29) is 0 Å². The van der Waals surface area contributed by atoms with Gasteiger partial charge in [-0.05, 0) is 402 Å². The summed E-state index contributed by atoms with van der Waals surface area (Å²) < 4.78 is 0. The third-order valence-corrected chi connectivity index (χ3v) is 20.7. The van der Waals surface area contributed by atoms with Gasteiger partial charge in [-0.1, -0.05) is 76.8 Å². The van der Waals surface area contributed by atoms with Crippen molar-refractivity contribution in [3.8, 4) is 0 Å². The van der Waals surface area contributed by atoms with Crippen molar-refractivity contribution in [1.29, 1.82) is 0 Å². The number of hydrogen-bond acceptors (Lipinski definition) is 0. The summed E-state index contributed by atoms with van der Waals surface area (Å²) >= 11 is 0. The summed E-state index contributed by atoms with van der Waals surface area (Å²) in [6, 6.07) is 0. The lowest BCUT2D eigenvalue weighted by Gasteiger charge is -2.15. The van der Waals surface area contributed by atoms with Gasteiger partial charge in [-0.3, -0.25) is 0 Å². The highest BCUT2D eigenvalue weighted by Gasteiger charge is 2.27. The summed E-state index contributed by atoms with van der Waals surface area (Å²) in [5.74, 6) is 0.851. The molecule has 0 aliphatic heterocycles. The molecule has 0 heterocycles. The van der Waals surface area contributed by atoms with Crippen LogP contribution in [0.15, 0.2) is 44.6 Å². The Hall–Kier alpha value is -5.72. The Morgan fingerprint density at radius 2 is 0.500 bits per heavy atom. The maximum atomic E-state index is 2.41. The van der Waals surface area contributed by atoms with Crippen LogP contribution in [0.5, 0.6) is 0 Å². The van der Waals surface area contributed by atoms with Gasteiger partial charge in [-0.15, -0.1) is 0 Å². The van der Waals surface area contributed by atoms with Gasteiger partial charge in [0.05, 0.1) is 0 Å². The SMILES string of the molecule is CC(C)=C(C)C1=Cc2c(C)c(C)c(C)c(C)c2C1.CC1=Cc2c(C)c(C)c(C)c(C)c2C1.CC1=Cc2c(C)c3c(c(C)c2C1)C=C(C)C3.CC1=Cc2c(C)c3c(c(C)c2C1)CC(C)=C3.Cc1c(C)c(C)c2c(c1C)CC(C)C2. The molecular formula is C78H98. The Bertz CT molecular complexity index is 3450. The molecule has 78 heavy (non-hydrogen) atoms. The Morgan fingerprint density at radius 1 is 0.256 bits per heavy atom. The standard InChI is InChI=1S/C18H24.2C16H18.C14H20.C14H18/c1-10(2)11(3)16-8-17-14(6)12(4)13(5)15(7)18(17)9-16;2*1-9-5-13-11(3)15-7-10(2)8-16(15)12(4)14(13)6-9;2*1-8-6-13-11(4)9(2)10(3)12(5)14(13)7-8/h8H,9H2,1-7H3;5,8H,6-7H2,1-4H3;5,7H,6,8H2,1-4H3;8H,6-7H2,1-5H3;6H,7H2,1-5H3. The maximum Gasteiger partial charge on any atom is -0.00142 e. The van der Waals surface area contributed by atoms with Crippen molar-refractivity contribution in [2.45, 2.75) is 224 Å². The van der Waals surface area contributed by atoms with Gasteiger partial charge in [-0.2, -0.15) is 0 Å². The molecule has 0 N–H and O–H groups in total. The highest BCUT2D eigenvalue weighted by atomic mass is 14.3. The first-order valence-electron chi connectivity index (χ1n) is 29.8. The minimum atomic E-state index is 0.851. The van der Waals surface area contributed by atoms with Crippen molar-refractivity contribution < 1.29 is 0 Å². The van der Waals surface area contributed by atoms with Crippen LogP contribution in [0.3, 0.4) is 0 Å². The van der Waals surface area contributed by atoms with Gasteiger partial charge in [-0.25, -0.2) is 0 Å². The first kappa shape index (κ1) is 58.4. The maximum absolute atomic E-state index is 2.41. The summed E-state index contributed by atoms with van der Waals surface area (Å²) in [7, 11) is 0. The van der Waals surface area contributed by atoms with Crippen LogP contribution >= 0.6 is 0 Å². The monoisotopic (exact) mass is 1030 g/mol. The fraction of sp³-hybridized carbons (Fsp3) is 0.436. The predicted octanol–water partition coefficient (Wildman–Crippen LogP) is 21.2. The number of fused-ring (bicyclic) bond motifs is 7. The van der Waals surface area contributed by atoms with Gasteiger partial charge in [0.1, 0.15) is 0 Å². The molecule has 7 aliphatic rings. The Kier molecular flexibility index (Phi) is 16.8. The highest BCUT2D eigenvalue weighted by molar-refractivity contribution is 5.80. The predicted molar refractivity (Wildman–Crippen MR) is 347 cm³/mol. The second-order valence-electron chi connectivity index (χ2n) is 26.1. The molecule has 0 radical (unpaired) electrons. The third kappa shape index (κ3) is 10.6. The minimum Gasteiger partial charge on any atom is -0.0732 e. The van der Waals surface area contributed by atoms with E-state index in [2.05, 4.69) is 210 Å². The van der Waals surface area contributed by atoms with Gasteiger partial charge in [0.25, 0.3) is 0 Å². The summed E-state index contributed by atoms with van der Waals surface area (Å²) in [5, 5.41) is 0. The third-order valence-electron chi connectivity index (χ3n) is 20.7. The second kappa shape index (κ2) is 22.4. The van der Waals surface area contributed by atoms with E-state index in [1.54, 1.807) is 55.6 Å². The molecule has 0 saturated heterocycles. The van der Waals surface area contributed by atoms with E-state index in [0.717, 1.165) is 44.4 Å². The average Bonchev–Trinajstić information content (AvgIpc) is 4.30. The summed E-state index contributed by atoms with van der Waals surface area (Å²) in [4.78, 5) is 0. The number of allylic oxidation sites excluding steroid dienone is 8. The zero-order valence-corrected chi connectivity index (χ0v) is 53.7. The van der Waals surface area contributed by atoms with E-state index in [9.17, 15) is 0 Å². The van der Waals surface area contributed by atoms with Gasteiger partial charge in [0.2, 0.25) is 0 Å². The minimum absolute atomic E-state index is 0.851. The first-order chi connectivity index (χ1) is 36.5. The smallest absolute Gasteiger partial charge is 0.00142 e. The topological polar surface area (TPSA) is 0 Å². The quantitative estimate of drug-likeness (QED) is 0.157. The molecule has 0 nitrogen and oxygen atoms in total. The zero-order chi connectivity index (χ0) is 57.4. The zero-order valence-electron chi connectivity index (χ0n) is 53.7. The second-order valence-corrected chi connectivity index (χ2v) is 26.1. The Balaban J connectivity index is 0.000000129. The first-order valence-corrected chi connectivity index (χ1v) is 29.8. The van der Waals surface area contributed by atoms with E-state index in [0.29, 0.717) is 0 Å². The molecule has 0 aromatic heterocycles. The molecular weight excluding hydrogens is 937 g/mol. The van der Waals surface area contributed by atoms with E-state index < -0.39 is 0 Å². The van der Waals surface area contributed by atoms with Gasteiger partial charge in [0.15, 0.2) is 0 Å². The van der Waals surface area contributed by atoms with Crippen LogP contribution in [0.2, 0.25) is 0 Å². The summed E-state index contributed by atoms with van der Waals surface area (Å²) in [6.45, 7) is 56.5. The molecule has 12 rings (SSSR count). The fourth-order valence-electron chi connectivity index (χ4n) is 14.4. The van der Waals surface area contributed by atoms with Crippen LogP contribution in [0.4, 0.5) is 0 Å². The Labute approximate surface area is 475 Å². The van der Waals surface area contributed by atoms with Gasteiger partial charge >= 0.3 is 0 Å². The normalized spacial score (nSPS) is 15.5. The van der Waals surface area contributed by atoms with Crippen molar-refractivity contribution in [2.75, 3.05) is 0 Å². The summed E-state index contributed by atoms with van der Waals surface area (Å²) in [5.41, 5.74) is 57.6. The molecule has 0 spiro atoms. The fourth-order valence-corrected chi connectivity index (χ4v) is 14.4. The van der Waals surface area contributed by atoms with E-state index >= 15 is 0 Å².